The summed E-state index contributed by atoms with van der Waals surface area (Å²) in [5, 5.41) is 26.6. The van der Waals surface area contributed by atoms with Crippen molar-refractivity contribution in [2.24, 2.45) is 16.9 Å². The zero-order chi connectivity index (χ0) is 25.1. The molecule has 2 atom stereocenters. The summed E-state index contributed by atoms with van der Waals surface area (Å²) in [7, 11) is 0. The number of phenolic OH excluding ortho intramolecular Hbond substituents is 1. The molecule has 1 saturated heterocycles. The first kappa shape index (κ1) is 22.0. The van der Waals surface area contributed by atoms with Crippen molar-refractivity contribution in [1.82, 2.24) is 5.01 Å². The Kier molecular flexibility index (Phi) is 4.89. The van der Waals surface area contributed by atoms with Gasteiger partial charge in [-0.1, -0.05) is 48.5 Å². The van der Waals surface area contributed by atoms with Crippen LogP contribution in [-0.2, 0) is 9.59 Å². The van der Waals surface area contributed by atoms with Gasteiger partial charge in [0.05, 0.1) is 29.6 Å². The van der Waals surface area contributed by atoms with E-state index in [1.54, 1.807) is 6.92 Å². The Morgan fingerprint density at radius 3 is 1.92 bits per heavy atom. The third kappa shape index (κ3) is 2.98. The molecule has 0 radical (unpaired) electrons. The maximum Gasteiger partial charge on any atom is 0.315 e. The van der Waals surface area contributed by atoms with E-state index >= 15 is 0 Å². The van der Waals surface area contributed by atoms with Gasteiger partial charge < -0.3 is 9.84 Å². The van der Waals surface area contributed by atoms with Crippen LogP contribution in [0, 0.1) is 22.0 Å². The predicted molar refractivity (Wildman–Crippen MR) is 129 cm³/mol. The van der Waals surface area contributed by atoms with Crippen molar-refractivity contribution >= 4 is 23.7 Å². The van der Waals surface area contributed by atoms with Gasteiger partial charge in [0.2, 0.25) is 5.75 Å². The van der Waals surface area contributed by atoms with E-state index in [0.29, 0.717) is 0 Å². The van der Waals surface area contributed by atoms with E-state index in [1.807, 2.05) is 48.5 Å². The third-order valence-corrected chi connectivity index (χ3v) is 7.32. The van der Waals surface area contributed by atoms with Gasteiger partial charge in [-0.25, -0.2) is 0 Å². The first-order valence-corrected chi connectivity index (χ1v) is 11.7. The Labute approximate surface area is 205 Å². The number of nitro groups is 1. The maximum atomic E-state index is 13.6. The van der Waals surface area contributed by atoms with Crippen LogP contribution in [0.5, 0.6) is 11.5 Å². The average Bonchev–Trinajstić information content (AvgIpc) is 3.14. The smallest absolute Gasteiger partial charge is 0.315 e. The third-order valence-electron chi connectivity index (χ3n) is 7.32. The quantitative estimate of drug-likeness (QED) is 0.254. The van der Waals surface area contributed by atoms with Crippen LogP contribution < -0.4 is 4.74 Å². The van der Waals surface area contributed by atoms with E-state index in [2.05, 4.69) is 5.10 Å². The molecule has 0 saturated carbocycles. The molecule has 180 valence electrons. The van der Waals surface area contributed by atoms with Gasteiger partial charge in [-0.15, -0.1) is 0 Å². The van der Waals surface area contributed by atoms with Crippen molar-refractivity contribution in [2.45, 2.75) is 18.8 Å². The number of ether oxygens (including phenoxy) is 1. The molecule has 3 aliphatic carbocycles. The summed E-state index contributed by atoms with van der Waals surface area (Å²) in [5.74, 6) is -3.09. The van der Waals surface area contributed by atoms with Crippen molar-refractivity contribution in [3.63, 3.8) is 0 Å². The molecule has 1 fully saturated rings. The first-order valence-electron chi connectivity index (χ1n) is 11.7. The minimum Gasteiger partial charge on any atom is -0.500 e. The number of benzene rings is 3. The molecule has 2 bridgehead atoms. The molecule has 3 aromatic carbocycles. The molecule has 3 aromatic rings. The molecule has 0 aromatic heterocycles. The highest BCUT2D eigenvalue weighted by molar-refractivity contribution is 6.08. The van der Waals surface area contributed by atoms with Crippen molar-refractivity contribution in [1.29, 1.82) is 0 Å². The van der Waals surface area contributed by atoms with Crippen LogP contribution >= 0.6 is 0 Å². The number of amides is 2. The lowest BCUT2D eigenvalue weighted by atomic mass is 9.55. The number of nitro benzene ring substituents is 1. The molecular formula is C27H21N3O6. The van der Waals surface area contributed by atoms with Gasteiger partial charge in [0.15, 0.2) is 5.75 Å². The van der Waals surface area contributed by atoms with E-state index in [9.17, 15) is 24.8 Å². The minimum atomic E-state index is -0.734. The number of hydrazone groups is 1. The Morgan fingerprint density at radius 1 is 0.972 bits per heavy atom. The van der Waals surface area contributed by atoms with Gasteiger partial charge in [-0.3, -0.25) is 19.7 Å². The lowest BCUT2D eigenvalue weighted by molar-refractivity contribution is -0.386. The number of aromatic hydroxyl groups is 1. The fourth-order valence-electron chi connectivity index (χ4n) is 5.99. The van der Waals surface area contributed by atoms with Gasteiger partial charge in [0.1, 0.15) is 0 Å². The standard InChI is InChI=1S/C27H21N3O6/c1-2-36-20-12-14(11-19(25(20)31)30(34)35)13-28-29-26(32)23-21-15-7-3-4-8-16(15)22(24(23)27(29)33)18-10-6-5-9-17(18)21/h3-13,21-24,31H,2H2,1H3/b28-13-/t21?,22?,23-,24-/m0/s1. The summed E-state index contributed by atoms with van der Waals surface area (Å²) in [6.45, 7) is 1.86. The van der Waals surface area contributed by atoms with Crippen LogP contribution in [0.25, 0.3) is 0 Å². The van der Waals surface area contributed by atoms with Crippen molar-refractivity contribution in [3.05, 3.63) is 98.6 Å². The fraction of sp³-hybridized carbons (Fsp3) is 0.222. The number of phenols is 1. The van der Waals surface area contributed by atoms with Gasteiger partial charge in [0, 0.05) is 23.5 Å². The molecule has 2 amide bonds. The highest BCUT2D eigenvalue weighted by Gasteiger charge is 2.61. The number of carbonyl (C=O) groups is 2. The van der Waals surface area contributed by atoms with Gasteiger partial charge in [0.25, 0.3) is 11.8 Å². The van der Waals surface area contributed by atoms with Crippen LogP contribution in [0.3, 0.4) is 0 Å². The maximum absolute atomic E-state index is 13.6. The van der Waals surface area contributed by atoms with Crippen LogP contribution in [0.15, 0.2) is 65.8 Å². The number of rotatable bonds is 5. The summed E-state index contributed by atoms with van der Waals surface area (Å²) in [5.41, 5.74) is 3.90. The normalized spacial score (nSPS) is 23.5. The van der Waals surface area contributed by atoms with Crippen molar-refractivity contribution < 1.29 is 24.4 Å². The Hall–Kier alpha value is -4.53. The van der Waals surface area contributed by atoms with Crippen LogP contribution in [0.1, 0.15) is 46.6 Å². The molecule has 4 aliphatic rings. The van der Waals surface area contributed by atoms with Crippen LogP contribution in [0.2, 0.25) is 0 Å². The molecule has 9 nitrogen and oxygen atoms in total. The number of nitrogens with zero attached hydrogens (tertiary/aromatic N) is 3. The molecule has 1 heterocycles. The summed E-state index contributed by atoms with van der Waals surface area (Å²) >= 11 is 0. The number of hydrogen-bond donors (Lipinski definition) is 1. The molecule has 1 aliphatic heterocycles. The van der Waals surface area contributed by atoms with Gasteiger partial charge in [-0.05, 0) is 35.2 Å². The first-order chi connectivity index (χ1) is 17.4. The minimum absolute atomic E-state index is 0.0789. The summed E-state index contributed by atoms with van der Waals surface area (Å²) in [6.07, 6.45) is 1.21. The second-order valence-electron chi connectivity index (χ2n) is 9.07. The summed E-state index contributed by atoms with van der Waals surface area (Å²) in [4.78, 5) is 37.8. The second-order valence-corrected chi connectivity index (χ2v) is 9.07. The van der Waals surface area contributed by atoms with Crippen molar-refractivity contribution in [3.8, 4) is 11.5 Å². The Morgan fingerprint density at radius 2 is 1.47 bits per heavy atom. The topological polar surface area (TPSA) is 122 Å². The number of imide groups is 1. The Bertz CT molecular complexity index is 1370. The van der Waals surface area contributed by atoms with E-state index in [4.69, 9.17) is 4.74 Å². The van der Waals surface area contributed by atoms with E-state index in [0.717, 1.165) is 33.3 Å². The van der Waals surface area contributed by atoms with E-state index in [-0.39, 0.29) is 29.8 Å². The van der Waals surface area contributed by atoms with Gasteiger partial charge >= 0.3 is 5.69 Å². The predicted octanol–water partition coefficient (Wildman–Crippen LogP) is 3.93. The zero-order valence-corrected chi connectivity index (χ0v) is 19.2. The lowest BCUT2D eigenvalue weighted by Crippen LogP contribution is -2.41. The monoisotopic (exact) mass is 483 g/mol. The molecule has 0 unspecified atom stereocenters. The molecule has 9 heteroatoms. The van der Waals surface area contributed by atoms with Crippen molar-refractivity contribution in [2.75, 3.05) is 6.61 Å². The number of hydrogen-bond acceptors (Lipinski definition) is 7. The van der Waals surface area contributed by atoms with Crippen LogP contribution in [0.4, 0.5) is 5.69 Å². The lowest BCUT2D eigenvalue weighted by Gasteiger charge is -2.45. The van der Waals surface area contributed by atoms with E-state index < -0.39 is 40.0 Å². The molecular weight excluding hydrogens is 462 g/mol. The average molecular weight is 483 g/mol. The SMILES string of the molecule is CCOc1cc(/C=N\N2C(=O)[C@H]3C4c5ccccc5C(c5ccccc54)[C@@H]3C2=O)cc([N+](=O)[O-])c1O. The van der Waals surface area contributed by atoms with E-state index in [1.165, 1.54) is 12.3 Å². The summed E-state index contributed by atoms with van der Waals surface area (Å²) < 4.78 is 5.30. The largest absolute Gasteiger partial charge is 0.500 e. The fourth-order valence-corrected chi connectivity index (χ4v) is 5.99. The Balaban J connectivity index is 1.40. The molecule has 0 spiro atoms. The summed E-state index contributed by atoms with van der Waals surface area (Å²) in [6, 6.07) is 18.4. The number of carbonyl (C=O) groups excluding carboxylic acids is 2. The molecule has 7 rings (SSSR count). The second kappa shape index (κ2) is 8.01. The molecule has 36 heavy (non-hydrogen) atoms. The van der Waals surface area contributed by atoms with Crippen LogP contribution in [-0.4, -0.2) is 39.7 Å². The highest BCUT2D eigenvalue weighted by atomic mass is 16.6. The van der Waals surface area contributed by atoms with Gasteiger partial charge in [-0.2, -0.15) is 10.1 Å². The zero-order valence-electron chi connectivity index (χ0n) is 19.2. The highest BCUT2D eigenvalue weighted by Crippen LogP contribution is 2.61. The molecule has 1 N–H and O–H groups in total.